The van der Waals surface area contributed by atoms with Gasteiger partial charge in [-0.1, -0.05) is 30.0 Å². The van der Waals surface area contributed by atoms with E-state index in [2.05, 4.69) is 10.2 Å². The molecule has 1 aliphatic rings. The normalized spacial score (nSPS) is 17.1. The summed E-state index contributed by atoms with van der Waals surface area (Å²) in [4.78, 5) is 26.2. The number of amides is 1. The zero-order valence-corrected chi connectivity index (χ0v) is 15.5. The number of carbonyl (C=O) groups is 2. The highest BCUT2D eigenvalue weighted by atomic mass is 32.2. The van der Waals surface area contributed by atoms with Gasteiger partial charge >= 0.3 is 5.97 Å². The molecule has 0 radical (unpaired) electrons. The van der Waals surface area contributed by atoms with E-state index in [9.17, 15) is 9.59 Å². The van der Waals surface area contributed by atoms with Crippen molar-refractivity contribution in [3.05, 3.63) is 36.7 Å². The highest BCUT2D eigenvalue weighted by Gasteiger charge is 2.29. The first kappa shape index (κ1) is 18.4. The molecule has 1 fully saturated rings. The summed E-state index contributed by atoms with van der Waals surface area (Å²) < 4.78 is 6.95. The number of rotatable bonds is 6. The van der Waals surface area contributed by atoms with E-state index in [1.54, 1.807) is 18.2 Å². The van der Waals surface area contributed by atoms with E-state index in [0.717, 1.165) is 18.5 Å². The molecule has 2 heterocycles. The van der Waals surface area contributed by atoms with Crippen LogP contribution in [0.1, 0.15) is 19.8 Å². The van der Waals surface area contributed by atoms with Crippen molar-refractivity contribution in [1.29, 1.82) is 0 Å². The van der Waals surface area contributed by atoms with Gasteiger partial charge < -0.3 is 9.64 Å². The number of aromatic nitrogens is 3. The molecule has 1 saturated heterocycles. The fraction of sp³-hybridized carbons (Fsp3) is 0.444. The number of esters is 1. The third-order valence-electron chi connectivity index (χ3n) is 4.27. The number of carbonyl (C=O) groups excluding carboxylic acids is 2. The largest absolute Gasteiger partial charge is 0.466 e. The number of thioether (sulfide) groups is 1. The summed E-state index contributed by atoms with van der Waals surface area (Å²) >= 11 is 1.35. The van der Waals surface area contributed by atoms with Crippen LogP contribution in [0.3, 0.4) is 0 Å². The number of ether oxygens (including phenoxy) is 1. The summed E-state index contributed by atoms with van der Waals surface area (Å²) in [5.41, 5.74) is 0.952. The summed E-state index contributed by atoms with van der Waals surface area (Å²) in [6.07, 6.45) is 3.23. The maximum atomic E-state index is 12.6. The Morgan fingerprint density at radius 3 is 2.88 bits per heavy atom. The lowest BCUT2D eigenvalue weighted by atomic mass is 9.98. The van der Waals surface area contributed by atoms with Crippen LogP contribution in [0, 0.1) is 5.92 Å². The number of benzene rings is 1. The molecule has 7 nitrogen and oxygen atoms in total. The zero-order chi connectivity index (χ0) is 18.4. The third-order valence-corrected chi connectivity index (χ3v) is 5.20. The van der Waals surface area contributed by atoms with Crippen LogP contribution in [0.5, 0.6) is 0 Å². The van der Waals surface area contributed by atoms with Crippen LogP contribution in [-0.2, 0) is 14.3 Å². The predicted octanol–water partition coefficient (Wildman–Crippen LogP) is 2.16. The van der Waals surface area contributed by atoms with Gasteiger partial charge in [-0.15, -0.1) is 10.2 Å². The molecule has 0 bridgehead atoms. The van der Waals surface area contributed by atoms with Crippen LogP contribution in [-0.4, -0.2) is 57.0 Å². The third kappa shape index (κ3) is 4.43. The Morgan fingerprint density at radius 2 is 2.12 bits per heavy atom. The maximum Gasteiger partial charge on any atom is 0.310 e. The molecule has 0 saturated carbocycles. The zero-order valence-electron chi connectivity index (χ0n) is 14.7. The minimum absolute atomic E-state index is 0.00612. The molecule has 1 aliphatic heterocycles. The Hall–Kier alpha value is -2.35. The van der Waals surface area contributed by atoms with Crippen molar-refractivity contribution in [2.24, 2.45) is 5.92 Å². The van der Waals surface area contributed by atoms with E-state index in [-0.39, 0.29) is 23.5 Å². The van der Waals surface area contributed by atoms with Gasteiger partial charge in [-0.3, -0.25) is 14.2 Å². The average molecular weight is 374 g/mol. The SMILES string of the molecule is CCOC(=O)[C@H]1CCCN(C(=O)CSc2nncn2-c2ccccc2)C1. The Labute approximate surface area is 156 Å². The first-order valence-electron chi connectivity index (χ1n) is 8.71. The second kappa shape index (κ2) is 8.84. The van der Waals surface area contributed by atoms with E-state index < -0.39 is 0 Å². The van der Waals surface area contributed by atoms with Gasteiger partial charge in [0.2, 0.25) is 5.91 Å². The van der Waals surface area contributed by atoms with Crippen molar-refractivity contribution >= 4 is 23.6 Å². The molecule has 3 rings (SSSR count). The second-order valence-corrected chi connectivity index (χ2v) is 6.98. The monoisotopic (exact) mass is 374 g/mol. The smallest absolute Gasteiger partial charge is 0.310 e. The summed E-state index contributed by atoms with van der Waals surface area (Å²) in [6, 6.07) is 9.75. The summed E-state index contributed by atoms with van der Waals surface area (Å²) in [5, 5.41) is 8.73. The van der Waals surface area contributed by atoms with E-state index in [4.69, 9.17) is 4.74 Å². The predicted molar refractivity (Wildman–Crippen MR) is 98.0 cm³/mol. The van der Waals surface area contributed by atoms with Crippen molar-refractivity contribution in [1.82, 2.24) is 19.7 Å². The van der Waals surface area contributed by atoms with Crippen LogP contribution in [0.15, 0.2) is 41.8 Å². The molecule has 0 aliphatic carbocycles. The summed E-state index contributed by atoms with van der Waals surface area (Å²) in [7, 11) is 0. The van der Waals surface area contributed by atoms with Crippen molar-refractivity contribution in [2.45, 2.75) is 24.9 Å². The molecule has 26 heavy (non-hydrogen) atoms. The van der Waals surface area contributed by atoms with E-state index in [0.29, 0.717) is 24.9 Å². The minimum Gasteiger partial charge on any atom is -0.466 e. The maximum absolute atomic E-state index is 12.6. The number of nitrogens with zero attached hydrogens (tertiary/aromatic N) is 4. The molecule has 0 unspecified atom stereocenters. The molecule has 1 aromatic carbocycles. The van der Waals surface area contributed by atoms with Crippen molar-refractivity contribution in [2.75, 3.05) is 25.4 Å². The van der Waals surface area contributed by atoms with E-state index in [1.165, 1.54) is 11.8 Å². The number of para-hydroxylation sites is 1. The van der Waals surface area contributed by atoms with E-state index in [1.807, 2.05) is 34.9 Å². The van der Waals surface area contributed by atoms with Gasteiger partial charge in [0, 0.05) is 18.8 Å². The molecular formula is C18H22N4O3S. The molecule has 0 spiro atoms. The fourth-order valence-corrected chi connectivity index (χ4v) is 3.79. The van der Waals surface area contributed by atoms with Gasteiger partial charge in [-0.25, -0.2) is 0 Å². The van der Waals surface area contributed by atoms with E-state index >= 15 is 0 Å². The molecule has 138 valence electrons. The first-order chi connectivity index (χ1) is 12.7. The lowest BCUT2D eigenvalue weighted by Gasteiger charge is -2.31. The van der Waals surface area contributed by atoms with Gasteiger partial charge in [-0.05, 0) is 31.9 Å². The van der Waals surface area contributed by atoms with Gasteiger partial charge in [0.05, 0.1) is 18.3 Å². The van der Waals surface area contributed by atoms with Crippen LogP contribution in [0.25, 0.3) is 5.69 Å². The van der Waals surface area contributed by atoms with Crippen LogP contribution < -0.4 is 0 Å². The van der Waals surface area contributed by atoms with Crippen molar-refractivity contribution < 1.29 is 14.3 Å². The Bertz CT molecular complexity index is 750. The number of hydrogen-bond donors (Lipinski definition) is 0. The van der Waals surface area contributed by atoms with Crippen molar-refractivity contribution in [3.8, 4) is 5.69 Å². The van der Waals surface area contributed by atoms with Gasteiger partial charge in [0.25, 0.3) is 0 Å². The molecular weight excluding hydrogens is 352 g/mol. The Balaban J connectivity index is 1.58. The first-order valence-corrected chi connectivity index (χ1v) is 9.70. The van der Waals surface area contributed by atoms with Gasteiger partial charge in [0.15, 0.2) is 5.16 Å². The van der Waals surface area contributed by atoms with Gasteiger partial charge in [-0.2, -0.15) is 0 Å². The topological polar surface area (TPSA) is 77.3 Å². The molecule has 0 N–H and O–H groups in total. The lowest BCUT2D eigenvalue weighted by molar-refractivity contribution is -0.151. The summed E-state index contributed by atoms with van der Waals surface area (Å²) in [6.45, 7) is 3.28. The van der Waals surface area contributed by atoms with Crippen LogP contribution >= 0.6 is 11.8 Å². The quantitative estimate of drug-likeness (QED) is 0.570. The number of likely N-dealkylation sites (tertiary alicyclic amines) is 1. The van der Waals surface area contributed by atoms with Crippen molar-refractivity contribution in [3.63, 3.8) is 0 Å². The number of piperidine rings is 1. The molecule has 1 amide bonds. The summed E-state index contributed by atoms with van der Waals surface area (Å²) in [5.74, 6) is -0.153. The average Bonchev–Trinajstić information content (AvgIpc) is 3.15. The van der Waals surface area contributed by atoms with Crippen LogP contribution in [0.4, 0.5) is 0 Å². The van der Waals surface area contributed by atoms with Crippen LogP contribution in [0.2, 0.25) is 0 Å². The number of hydrogen-bond acceptors (Lipinski definition) is 6. The molecule has 1 atom stereocenters. The molecule has 2 aromatic rings. The minimum atomic E-state index is -0.217. The lowest BCUT2D eigenvalue weighted by Crippen LogP contribution is -2.43. The standard InChI is InChI=1S/C18H22N4O3S/c1-2-25-17(24)14-7-6-10-21(11-14)16(23)12-26-18-20-19-13-22(18)15-8-4-3-5-9-15/h3-5,8-9,13-14H,2,6-7,10-12H2,1H3/t14-/m0/s1. The molecule has 1 aromatic heterocycles. The molecule has 8 heteroatoms. The van der Waals surface area contributed by atoms with Gasteiger partial charge in [0.1, 0.15) is 6.33 Å². The highest BCUT2D eigenvalue weighted by Crippen LogP contribution is 2.22. The fourth-order valence-electron chi connectivity index (χ4n) is 2.96. The highest BCUT2D eigenvalue weighted by molar-refractivity contribution is 7.99. The Kier molecular flexibility index (Phi) is 6.27. The Morgan fingerprint density at radius 1 is 1.31 bits per heavy atom. The second-order valence-electron chi connectivity index (χ2n) is 6.04.